The number of nitrogens with one attached hydrogen (secondary N) is 1. The maximum absolute atomic E-state index is 13.4. The molecular weight excluding hydrogens is 310 g/mol. The Morgan fingerprint density at radius 2 is 1.52 bits per heavy atom. The van der Waals surface area contributed by atoms with Crippen molar-refractivity contribution in [1.82, 2.24) is 5.32 Å². The summed E-state index contributed by atoms with van der Waals surface area (Å²) >= 11 is 0. The van der Waals surface area contributed by atoms with Crippen molar-refractivity contribution in [2.45, 2.75) is 24.8 Å². The van der Waals surface area contributed by atoms with Crippen LogP contribution in [-0.4, -0.2) is 25.4 Å². The van der Waals surface area contributed by atoms with Gasteiger partial charge in [-0.2, -0.15) is 26.3 Å². The molecule has 0 heterocycles. The van der Waals surface area contributed by atoms with Gasteiger partial charge in [-0.1, -0.05) is 6.07 Å². The second kappa shape index (κ2) is 6.17. The lowest BCUT2D eigenvalue weighted by molar-refractivity contribution is -0.291. The van der Waals surface area contributed by atoms with Crippen molar-refractivity contribution in [3.05, 3.63) is 35.4 Å². The first-order valence-corrected chi connectivity index (χ1v) is 5.71. The lowest BCUT2D eigenvalue weighted by Crippen LogP contribution is -2.51. The van der Waals surface area contributed by atoms with Crippen molar-refractivity contribution in [2.75, 3.05) is 7.05 Å². The molecule has 1 nitrogen and oxygen atoms in total. The van der Waals surface area contributed by atoms with Crippen LogP contribution in [0.15, 0.2) is 18.2 Å². The van der Waals surface area contributed by atoms with E-state index in [4.69, 9.17) is 0 Å². The maximum atomic E-state index is 13.4. The Morgan fingerprint density at radius 3 is 1.90 bits per heavy atom. The van der Waals surface area contributed by atoms with Gasteiger partial charge in [0, 0.05) is 12.1 Å². The molecule has 1 N–H and O–H groups in total. The van der Waals surface area contributed by atoms with Crippen LogP contribution in [0.3, 0.4) is 0 Å². The summed E-state index contributed by atoms with van der Waals surface area (Å²) in [6, 6.07) is -0.136. The van der Waals surface area contributed by atoms with Gasteiger partial charge in [-0.3, -0.25) is 0 Å². The molecule has 0 radical (unpaired) electrons. The van der Waals surface area contributed by atoms with Gasteiger partial charge < -0.3 is 5.32 Å². The fraction of sp³-hybridized carbons (Fsp3) is 0.500. The highest BCUT2D eigenvalue weighted by Gasteiger charge is 2.59. The molecule has 21 heavy (non-hydrogen) atoms. The third-order valence-corrected chi connectivity index (χ3v) is 2.93. The Hall–Kier alpha value is -1.38. The molecule has 1 rings (SSSR count). The zero-order chi connectivity index (χ0) is 16.4. The van der Waals surface area contributed by atoms with Gasteiger partial charge >= 0.3 is 12.4 Å². The van der Waals surface area contributed by atoms with E-state index in [1.54, 1.807) is 0 Å². The van der Waals surface area contributed by atoms with Crippen LogP contribution in [0.1, 0.15) is 5.56 Å². The van der Waals surface area contributed by atoms with Crippen LogP contribution in [-0.2, 0) is 6.42 Å². The predicted molar refractivity (Wildman–Crippen MR) is 58.5 cm³/mol. The van der Waals surface area contributed by atoms with Crippen molar-refractivity contribution in [3.8, 4) is 0 Å². The summed E-state index contributed by atoms with van der Waals surface area (Å²) in [7, 11) is 0.913. The minimum atomic E-state index is -5.54. The second-order valence-corrected chi connectivity index (χ2v) is 4.40. The largest absolute Gasteiger partial charge is 0.402 e. The summed E-state index contributed by atoms with van der Waals surface area (Å²) in [5.41, 5.74) is -0.436. The highest BCUT2D eigenvalue weighted by molar-refractivity contribution is 5.20. The maximum Gasteiger partial charge on any atom is 0.402 e. The van der Waals surface area contributed by atoms with Crippen LogP contribution in [0.4, 0.5) is 35.1 Å². The van der Waals surface area contributed by atoms with Crippen LogP contribution in [0.2, 0.25) is 0 Å². The number of alkyl halides is 6. The number of likely N-dealkylation sites (N-methyl/N-ethyl adjacent to an activating group) is 1. The molecule has 1 atom stereocenters. The number of rotatable bonds is 4. The SMILES string of the molecule is CNC(Cc1ccc(F)cc1F)C(C(F)(F)F)C(F)(F)F. The van der Waals surface area contributed by atoms with Gasteiger partial charge in [-0.15, -0.1) is 0 Å². The van der Waals surface area contributed by atoms with E-state index in [1.165, 1.54) is 0 Å². The first kappa shape index (κ1) is 17.7. The average molecular weight is 321 g/mol. The first-order chi connectivity index (χ1) is 9.46. The van der Waals surface area contributed by atoms with Gasteiger partial charge in [0.15, 0.2) is 5.92 Å². The van der Waals surface area contributed by atoms with Crippen molar-refractivity contribution in [1.29, 1.82) is 0 Å². The standard InChI is InChI=1S/C12H11F8N/c1-21-9(10(11(15,16)17)12(18,19)20)4-6-2-3-7(13)5-8(6)14/h2-3,5,9-10,21H,4H2,1H3. The topological polar surface area (TPSA) is 12.0 Å². The van der Waals surface area contributed by atoms with E-state index in [0.29, 0.717) is 6.07 Å². The number of hydrogen-bond acceptors (Lipinski definition) is 1. The molecule has 120 valence electrons. The van der Waals surface area contributed by atoms with Crippen molar-refractivity contribution in [3.63, 3.8) is 0 Å². The fourth-order valence-electron chi connectivity index (χ4n) is 1.95. The second-order valence-electron chi connectivity index (χ2n) is 4.40. The molecule has 0 aliphatic rings. The summed E-state index contributed by atoms with van der Waals surface area (Å²) < 4.78 is 102. The third kappa shape index (κ3) is 4.55. The molecule has 1 aromatic rings. The lowest BCUT2D eigenvalue weighted by atomic mass is 9.92. The zero-order valence-electron chi connectivity index (χ0n) is 10.6. The molecule has 0 amide bonds. The molecule has 1 unspecified atom stereocenters. The predicted octanol–water partition coefficient (Wildman–Crippen LogP) is 3.84. The zero-order valence-corrected chi connectivity index (χ0v) is 10.6. The molecule has 0 bridgehead atoms. The highest BCUT2D eigenvalue weighted by Crippen LogP contribution is 2.42. The van der Waals surface area contributed by atoms with Gasteiger partial charge in [0.2, 0.25) is 0 Å². The van der Waals surface area contributed by atoms with E-state index in [9.17, 15) is 35.1 Å². The van der Waals surface area contributed by atoms with Crippen LogP contribution in [0, 0.1) is 17.6 Å². The van der Waals surface area contributed by atoms with Crippen molar-refractivity contribution in [2.24, 2.45) is 5.92 Å². The highest BCUT2D eigenvalue weighted by atomic mass is 19.4. The number of halogens is 8. The molecular formula is C12H11F8N. The molecule has 0 saturated carbocycles. The summed E-state index contributed by atoms with van der Waals surface area (Å²) in [5.74, 6) is -5.82. The van der Waals surface area contributed by atoms with Gasteiger partial charge in [0.25, 0.3) is 0 Å². The van der Waals surface area contributed by atoms with Crippen LogP contribution in [0.25, 0.3) is 0 Å². The van der Waals surface area contributed by atoms with Crippen LogP contribution >= 0.6 is 0 Å². The van der Waals surface area contributed by atoms with Gasteiger partial charge in [-0.25, -0.2) is 8.78 Å². The Kier molecular flexibility index (Phi) is 5.19. The summed E-state index contributed by atoms with van der Waals surface area (Å²) in [4.78, 5) is 0. The summed E-state index contributed by atoms with van der Waals surface area (Å²) in [6.45, 7) is 0. The average Bonchev–Trinajstić information content (AvgIpc) is 2.27. The van der Waals surface area contributed by atoms with E-state index >= 15 is 0 Å². The Balaban J connectivity index is 3.10. The molecule has 0 aromatic heterocycles. The minimum absolute atomic E-state index is 0.401. The van der Waals surface area contributed by atoms with Gasteiger partial charge in [0.05, 0.1) is 0 Å². The minimum Gasteiger partial charge on any atom is -0.316 e. The van der Waals surface area contributed by atoms with Crippen LogP contribution in [0.5, 0.6) is 0 Å². The van der Waals surface area contributed by atoms with Crippen LogP contribution < -0.4 is 5.32 Å². The Labute approximate surface area is 114 Å². The summed E-state index contributed by atoms with van der Waals surface area (Å²) in [6.07, 6.45) is -12.0. The van der Waals surface area contributed by atoms with Crippen molar-refractivity contribution >= 4 is 0 Å². The lowest BCUT2D eigenvalue weighted by Gasteiger charge is -2.30. The van der Waals surface area contributed by atoms with E-state index in [2.05, 4.69) is 0 Å². The molecule has 0 saturated heterocycles. The fourth-order valence-corrected chi connectivity index (χ4v) is 1.95. The molecule has 9 heteroatoms. The van der Waals surface area contributed by atoms with E-state index < -0.39 is 47.9 Å². The Morgan fingerprint density at radius 1 is 1.00 bits per heavy atom. The smallest absolute Gasteiger partial charge is 0.316 e. The number of hydrogen-bond donors (Lipinski definition) is 1. The van der Waals surface area contributed by atoms with E-state index in [1.807, 2.05) is 5.32 Å². The number of benzene rings is 1. The van der Waals surface area contributed by atoms with E-state index in [0.717, 1.165) is 19.2 Å². The monoisotopic (exact) mass is 321 g/mol. The molecule has 0 aliphatic carbocycles. The van der Waals surface area contributed by atoms with Crippen molar-refractivity contribution < 1.29 is 35.1 Å². The molecule has 1 aromatic carbocycles. The summed E-state index contributed by atoms with van der Waals surface area (Å²) in [5, 5.41) is 1.91. The third-order valence-electron chi connectivity index (χ3n) is 2.93. The molecule has 0 fully saturated rings. The molecule has 0 aliphatic heterocycles. The molecule has 0 spiro atoms. The first-order valence-electron chi connectivity index (χ1n) is 5.71. The normalized spacial score (nSPS) is 14.6. The Bertz CT molecular complexity index is 465. The quantitative estimate of drug-likeness (QED) is 0.831. The van der Waals surface area contributed by atoms with Gasteiger partial charge in [-0.05, 0) is 25.1 Å². The van der Waals surface area contributed by atoms with Gasteiger partial charge in [0.1, 0.15) is 11.6 Å². The van der Waals surface area contributed by atoms with E-state index in [-0.39, 0.29) is 0 Å².